The van der Waals surface area contributed by atoms with Gasteiger partial charge in [-0.1, -0.05) is 0 Å². The molecule has 0 aromatic heterocycles. The Labute approximate surface area is 92.9 Å². The van der Waals surface area contributed by atoms with Crippen molar-refractivity contribution in [2.45, 2.75) is 31.8 Å². The van der Waals surface area contributed by atoms with E-state index in [1.54, 1.807) is 0 Å². The topological polar surface area (TPSA) is 46.5 Å². The van der Waals surface area contributed by atoms with Crippen LogP contribution in [0, 0.1) is 5.82 Å². The maximum atomic E-state index is 13.0. The standard InChI is InChI=1S/C12H13FO3/c13-8-5-6-10(12(14)15)11(7-8)16-9-3-1-2-4-9/h5-7,9H,1-4H2,(H,14,15). The first-order valence-corrected chi connectivity index (χ1v) is 5.36. The van der Waals surface area contributed by atoms with E-state index in [0.29, 0.717) is 0 Å². The molecule has 0 aliphatic heterocycles. The Morgan fingerprint density at radius 1 is 1.38 bits per heavy atom. The van der Waals surface area contributed by atoms with Crippen LogP contribution in [0.4, 0.5) is 4.39 Å². The number of ether oxygens (including phenoxy) is 1. The molecule has 0 heterocycles. The van der Waals surface area contributed by atoms with Gasteiger partial charge in [-0.2, -0.15) is 0 Å². The number of carboxylic acids is 1. The lowest BCUT2D eigenvalue weighted by Crippen LogP contribution is -2.13. The zero-order valence-corrected chi connectivity index (χ0v) is 8.78. The summed E-state index contributed by atoms with van der Waals surface area (Å²) in [4.78, 5) is 10.9. The third-order valence-electron chi connectivity index (χ3n) is 2.77. The third-order valence-corrected chi connectivity index (χ3v) is 2.77. The normalized spacial score (nSPS) is 16.3. The Morgan fingerprint density at radius 3 is 2.69 bits per heavy atom. The average Bonchev–Trinajstić information content (AvgIpc) is 2.70. The quantitative estimate of drug-likeness (QED) is 0.858. The molecule has 1 N–H and O–H groups in total. The summed E-state index contributed by atoms with van der Waals surface area (Å²) in [5.41, 5.74) is 0.0216. The van der Waals surface area contributed by atoms with Crippen LogP contribution in [0.2, 0.25) is 0 Å². The van der Waals surface area contributed by atoms with Crippen LogP contribution in [0.5, 0.6) is 5.75 Å². The number of rotatable bonds is 3. The number of benzene rings is 1. The Kier molecular flexibility index (Phi) is 3.08. The lowest BCUT2D eigenvalue weighted by Gasteiger charge is -2.14. The highest BCUT2D eigenvalue weighted by Gasteiger charge is 2.20. The van der Waals surface area contributed by atoms with Crippen molar-refractivity contribution in [1.82, 2.24) is 0 Å². The predicted octanol–water partition coefficient (Wildman–Crippen LogP) is 2.85. The summed E-state index contributed by atoms with van der Waals surface area (Å²) in [6.45, 7) is 0. The molecule has 0 saturated heterocycles. The van der Waals surface area contributed by atoms with E-state index >= 15 is 0 Å². The molecule has 1 fully saturated rings. The van der Waals surface area contributed by atoms with Gasteiger partial charge < -0.3 is 9.84 Å². The van der Waals surface area contributed by atoms with Gasteiger partial charge in [0.15, 0.2) is 0 Å². The molecule has 0 bridgehead atoms. The van der Waals surface area contributed by atoms with Crippen LogP contribution in [0.1, 0.15) is 36.0 Å². The van der Waals surface area contributed by atoms with Crippen molar-refractivity contribution in [1.29, 1.82) is 0 Å². The van der Waals surface area contributed by atoms with Crippen LogP contribution in [0.15, 0.2) is 18.2 Å². The Balaban J connectivity index is 2.22. The molecule has 0 amide bonds. The van der Waals surface area contributed by atoms with E-state index in [9.17, 15) is 9.18 Å². The fraction of sp³-hybridized carbons (Fsp3) is 0.417. The van der Waals surface area contributed by atoms with Gasteiger partial charge in [-0.15, -0.1) is 0 Å². The SMILES string of the molecule is O=C(O)c1ccc(F)cc1OC1CCCC1. The zero-order chi connectivity index (χ0) is 11.5. The first-order chi connectivity index (χ1) is 7.66. The molecule has 0 radical (unpaired) electrons. The van der Waals surface area contributed by atoms with Crippen LogP contribution in [0.3, 0.4) is 0 Å². The highest BCUT2D eigenvalue weighted by Crippen LogP contribution is 2.27. The Morgan fingerprint density at radius 2 is 2.06 bits per heavy atom. The largest absolute Gasteiger partial charge is 0.489 e. The van der Waals surface area contributed by atoms with Gasteiger partial charge in [0, 0.05) is 6.07 Å². The second-order valence-corrected chi connectivity index (χ2v) is 3.97. The summed E-state index contributed by atoms with van der Waals surface area (Å²) in [6, 6.07) is 3.51. The molecule has 1 aromatic rings. The van der Waals surface area contributed by atoms with Crippen molar-refractivity contribution in [2.75, 3.05) is 0 Å². The molecule has 0 spiro atoms. The van der Waals surface area contributed by atoms with Gasteiger partial charge in [0.2, 0.25) is 0 Å². The second-order valence-electron chi connectivity index (χ2n) is 3.97. The monoisotopic (exact) mass is 224 g/mol. The summed E-state index contributed by atoms with van der Waals surface area (Å²) >= 11 is 0. The number of hydrogen-bond acceptors (Lipinski definition) is 2. The van der Waals surface area contributed by atoms with E-state index in [0.717, 1.165) is 37.8 Å². The molecule has 0 atom stereocenters. The van der Waals surface area contributed by atoms with E-state index in [1.807, 2.05) is 0 Å². The molecule has 0 unspecified atom stereocenters. The van der Waals surface area contributed by atoms with E-state index in [-0.39, 0.29) is 17.4 Å². The molecule has 86 valence electrons. The molecule has 1 saturated carbocycles. The van der Waals surface area contributed by atoms with Crippen LogP contribution < -0.4 is 4.74 Å². The van der Waals surface area contributed by atoms with Gasteiger partial charge in [0.25, 0.3) is 0 Å². The average molecular weight is 224 g/mol. The van der Waals surface area contributed by atoms with Crippen molar-refractivity contribution in [2.24, 2.45) is 0 Å². The van der Waals surface area contributed by atoms with Crippen molar-refractivity contribution in [3.63, 3.8) is 0 Å². The number of halogens is 1. The maximum absolute atomic E-state index is 13.0. The van der Waals surface area contributed by atoms with Gasteiger partial charge in [0.1, 0.15) is 17.1 Å². The smallest absolute Gasteiger partial charge is 0.339 e. The minimum atomic E-state index is -1.09. The summed E-state index contributed by atoms with van der Waals surface area (Å²) in [6.07, 6.45) is 4.02. The molecule has 3 nitrogen and oxygen atoms in total. The minimum Gasteiger partial charge on any atom is -0.489 e. The zero-order valence-electron chi connectivity index (χ0n) is 8.78. The number of aromatic carboxylic acids is 1. The third kappa shape index (κ3) is 2.32. The molecule has 1 aromatic carbocycles. The van der Waals surface area contributed by atoms with Crippen LogP contribution >= 0.6 is 0 Å². The summed E-state index contributed by atoms with van der Waals surface area (Å²) < 4.78 is 18.5. The number of carboxylic acid groups (broad SMARTS) is 1. The molecule has 2 rings (SSSR count). The summed E-state index contributed by atoms with van der Waals surface area (Å²) in [7, 11) is 0. The summed E-state index contributed by atoms with van der Waals surface area (Å²) in [5.74, 6) is -1.43. The Bertz CT molecular complexity index is 397. The highest BCUT2D eigenvalue weighted by atomic mass is 19.1. The maximum Gasteiger partial charge on any atom is 0.339 e. The van der Waals surface area contributed by atoms with Gasteiger partial charge >= 0.3 is 5.97 Å². The first-order valence-electron chi connectivity index (χ1n) is 5.36. The van der Waals surface area contributed by atoms with Crippen molar-refractivity contribution in [3.8, 4) is 5.75 Å². The summed E-state index contributed by atoms with van der Waals surface area (Å²) in [5, 5.41) is 8.93. The fourth-order valence-electron chi connectivity index (χ4n) is 1.96. The van der Waals surface area contributed by atoms with E-state index < -0.39 is 11.8 Å². The van der Waals surface area contributed by atoms with Crippen molar-refractivity contribution < 1.29 is 19.0 Å². The predicted molar refractivity (Wildman–Crippen MR) is 56.2 cm³/mol. The van der Waals surface area contributed by atoms with E-state index in [2.05, 4.69) is 0 Å². The fourth-order valence-corrected chi connectivity index (χ4v) is 1.96. The second kappa shape index (κ2) is 4.51. The minimum absolute atomic E-state index is 0.0216. The van der Waals surface area contributed by atoms with Gasteiger partial charge in [-0.05, 0) is 37.8 Å². The highest BCUT2D eigenvalue weighted by molar-refractivity contribution is 5.90. The Hall–Kier alpha value is -1.58. The van der Waals surface area contributed by atoms with Crippen LogP contribution in [-0.2, 0) is 0 Å². The van der Waals surface area contributed by atoms with E-state index in [4.69, 9.17) is 9.84 Å². The molecular weight excluding hydrogens is 211 g/mol. The molecule has 4 heteroatoms. The van der Waals surface area contributed by atoms with Gasteiger partial charge in [-0.3, -0.25) is 0 Å². The van der Waals surface area contributed by atoms with Crippen molar-refractivity contribution >= 4 is 5.97 Å². The van der Waals surface area contributed by atoms with E-state index in [1.165, 1.54) is 6.07 Å². The molecular formula is C12H13FO3. The number of carbonyl (C=O) groups is 1. The van der Waals surface area contributed by atoms with Crippen LogP contribution in [-0.4, -0.2) is 17.2 Å². The molecule has 16 heavy (non-hydrogen) atoms. The van der Waals surface area contributed by atoms with Crippen molar-refractivity contribution in [3.05, 3.63) is 29.6 Å². The number of hydrogen-bond donors (Lipinski definition) is 1. The molecule has 1 aliphatic rings. The van der Waals surface area contributed by atoms with Gasteiger partial charge in [-0.25, -0.2) is 9.18 Å². The first kappa shape index (κ1) is 10.9. The van der Waals surface area contributed by atoms with Gasteiger partial charge in [0.05, 0.1) is 6.10 Å². The lowest BCUT2D eigenvalue weighted by atomic mass is 10.2. The lowest BCUT2D eigenvalue weighted by molar-refractivity contribution is 0.0689. The molecule has 1 aliphatic carbocycles. The van der Waals surface area contributed by atoms with Crippen LogP contribution in [0.25, 0.3) is 0 Å².